The molecule has 1 aliphatic heterocycles. The van der Waals surface area contributed by atoms with Gasteiger partial charge in [-0.15, -0.1) is 0 Å². The third-order valence-corrected chi connectivity index (χ3v) is 7.85. The Hall–Kier alpha value is 0.190. The molecule has 1 heterocycles. The second-order valence-corrected chi connectivity index (χ2v) is 11.3. The molecule has 0 aromatic rings. The van der Waals surface area contributed by atoms with E-state index in [1.165, 1.54) is 64.2 Å². The number of hydrogen-bond donors (Lipinski definition) is 1. The Balaban J connectivity index is 1.95. The fraction of sp³-hybridized carbons (Fsp3) is 0.944. The van der Waals surface area contributed by atoms with Crippen molar-refractivity contribution in [1.82, 2.24) is 5.32 Å². The van der Waals surface area contributed by atoms with Crippen LogP contribution in [-0.2, 0) is 9.84 Å². The SMILES string of the molecule is CCCCCCCCCCCCSC(=S)NC1(C)CCS(=O)(=O)C1. The first kappa shape index (κ1) is 22.2. The number of sulfone groups is 1. The van der Waals surface area contributed by atoms with Crippen LogP contribution in [0.25, 0.3) is 0 Å². The van der Waals surface area contributed by atoms with E-state index in [0.29, 0.717) is 6.42 Å². The molecule has 0 aromatic heterocycles. The lowest BCUT2D eigenvalue weighted by Crippen LogP contribution is -2.45. The predicted octanol–water partition coefficient (Wildman–Crippen LogP) is 5.09. The van der Waals surface area contributed by atoms with Crippen molar-refractivity contribution in [2.75, 3.05) is 17.3 Å². The summed E-state index contributed by atoms with van der Waals surface area (Å²) in [6.45, 7) is 4.22. The molecule has 0 amide bonds. The number of thioether (sulfide) groups is 1. The Kier molecular flexibility index (Phi) is 10.9. The molecule has 0 saturated carbocycles. The van der Waals surface area contributed by atoms with Gasteiger partial charge in [-0.1, -0.05) is 88.7 Å². The molecule has 0 spiro atoms. The fourth-order valence-corrected chi connectivity index (χ4v) is 6.59. The zero-order chi connectivity index (χ0) is 17.9. The van der Waals surface area contributed by atoms with Crippen LogP contribution in [-0.4, -0.2) is 35.5 Å². The highest BCUT2D eigenvalue weighted by molar-refractivity contribution is 8.22. The molecule has 24 heavy (non-hydrogen) atoms. The van der Waals surface area contributed by atoms with Gasteiger partial charge < -0.3 is 5.32 Å². The smallest absolute Gasteiger partial charge is 0.152 e. The maximum atomic E-state index is 11.6. The van der Waals surface area contributed by atoms with Crippen molar-refractivity contribution in [3.8, 4) is 0 Å². The second kappa shape index (κ2) is 11.7. The number of unbranched alkanes of at least 4 members (excludes halogenated alkanes) is 9. The summed E-state index contributed by atoms with van der Waals surface area (Å²) in [4.78, 5) is 0. The van der Waals surface area contributed by atoms with E-state index in [9.17, 15) is 8.42 Å². The summed E-state index contributed by atoms with van der Waals surface area (Å²) < 4.78 is 23.9. The van der Waals surface area contributed by atoms with Crippen molar-refractivity contribution in [3.05, 3.63) is 0 Å². The first-order chi connectivity index (χ1) is 11.4. The topological polar surface area (TPSA) is 46.2 Å². The van der Waals surface area contributed by atoms with Crippen molar-refractivity contribution < 1.29 is 8.42 Å². The minimum Gasteiger partial charge on any atom is -0.365 e. The molecule has 1 N–H and O–H groups in total. The molecule has 1 unspecified atom stereocenters. The molecule has 0 bridgehead atoms. The lowest BCUT2D eigenvalue weighted by molar-refractivity contribution is 0.477. The van der Waals surface area contributed by atoms with Gasteiger partial charge in [0.1, 0.15) is 4.32 Å². The van der Waals surface area contributed by atoms with Gasteiger partial charge in [-0.3, -0.25) is 0 Å². The Bertz CT molecular complexity index is 465. The lowest BCUT2D eigenvalue weighted by Gasteiger charge is -2.25. The summed E-state index contributed by atoms with van der Waals surface area (Å²) in [6.07, 6.45) is 14.1. The molecule has 1 rings (SSSR count). The van der Waals surface area contributed by atoms with Gasteiger partial charge in [-0.05, 0) is 19.8 Å². The molecule has 1 saturated heterocycles. The largest absolute Gasteiger partial charge is 0.365 e. The molecule has 1 fully saturated rings. The molecular weight excluding hydrogens is 358 g/mol. The first-order valence-corrected chi connectivity index (χ1v) is 12.7. The van der Waals surface area contributed by atoms with Crippen LogP contribution in [0.3, 0.4) is 0 Å². The van der Waals surface area contributed by atoms with Gasteiger partial charge in [-0.2, -0.15) is 0 Å². The first-order valence-electron chi connectivity index (χ1n) is 9.52. The average molecular weight is 394 g/mol. The van der Waals surface area contributed by atoms with E-state index in [2.05, 4.69) is 12.2 Å². The van der Waals surface area contributed by atoms with Gasteiger partial charge in [0.05, 0.1) is 17.0 Å². The van der Waals surface area contributed by atoms with Gasteiger partial charge in [0.15, 0.2) is 9.84 Å². The Morgan fingerprint density at radius 1 is 1.04 bits per heavy atom. The average Bonchev–Trinajstić information content (AvgIpc) is 2.78. The van der Waals surface area contributed by atoms with Crippen LogP contribution in [0, 0.1) is 0 Å². The molecule has 6 heteroatoms. The molecule has 0 radical (unpaired) electrons. The number of nitrogens with one attached hydrogen (secondary N) is 1. The number of thiocarbonyl (C=S) groups is 1. The van der Waals surface area contributed by atoms with Crippen molar-refractivity contribution in [2.45, 2.75) is 90.0 Å². The third kappa shape index (κ3) is 10.2. The highest BCUT2D eigenvalue weighted by atomic mass is 32.2. The summed E-state index contributed by atoms with van der Waals surface area (Å²) in [5.41, 5.74) is -0.360. The zero-order valence-corrected chi connectivity index (χ0v) is 17.9. The quantitative estimate of drug-likeness (QED) is 0.369. The van der Waals surface area contributed by atoms with Crippen LogP contribution in [0.1, 0.15) is 84.5 Å². The van der Waals surface area contributed by atoms with Gasteiger partial charge in [-0.25, -0.2) is 8.42 Å². The standard InChI is InChI=1S/C18H35NO2S3/c1-3-4-5-6-7-8-9-10-11-12-14-23-17(22)19-18(2)13-15-24(20,21)16-18/h3-16H2,1-2H3,(H,19,22). The summed E-state index contributed by atoms with van der Waals surface area (Å²) >= 11 is 7.03. The van der Waals surface area contributed by atoms with Gasteiger partial charge in [0.2, 0.25) is 0 Å². The van der Waals surface area contributed by atoms with E-state index in [0.717, 1.165) is 10.1 Å². The second-order valence-electron chi connectivity index (χ2n) is 7.35. The van der Waals surface area contributed by atoms with E-state index in [-0.39, 0.29) is 17.0 Å². The summed E-state index contributed by atoms with van der Waals surface area (Å²) in [5.74, 6) is 1.52. The van der Waals surface area contributed by atoms with E-state index < -0.39 is 9.84 Å². The van der Waals surface area contributed by atoms with E-state index in [1.807, 2.05) is 6.92 Å². The predicted molar refractivity (Wildman–Crippen MR) is 112 cm³/mol. The Labute approximate surface area is 159 Å². The summed E-state index contributed by atoms with van der Waals surface area (Å²) in [7, 11) is -2.88. The van der Waals surface area contributed by atoms with Gasteiger partial charge in [0.25, 0.3) is 0 Å². The highest BCUT2D eigenvalue weighted by Gasteiger charge is 2.38. The minimum atomic E-state index is -2.88. The maximum absolute atomic E-state index is 11.6. The molecule has 142 valence electrons. The van der Waals surface area contributed by atoms with Crippen LogP contribution in [0.2, 0.25) is 0 Å². The van der Waals surface area contributed by atoms with E-state index in [4.69, 9.17) is 12.2 Å². The van der Waals surface area contributed by atoms with Crippen LogP contribution in [0.15, 0.2) is 0 Å². The van der Waals surface area contributed by atoms with Crippen molar-refractivity contribution >= 4 is 38.1 Å². The van der Waals surface area contributed by atoms with Gasteiger partial charge in [0, 0.05) is 5.75 Å². The van der Waals surface area contributed by atoms with Crippen molar-refractivity contribution in [1.29, 1.82) is 0 Å². The van der Waals surface area contributed by atoms with E-state index in [1.54, 1.807) is 11.8 Å². The minimum absolute atomic E-state index is 0.207. The molecular formula is C18H35NO2S3. The maximum Gasteiger partial charge on any atom is 0.152 e. The van der Waals surface area contributed by atoms with Crippen LogP contribution < -0.4 is 5.32 Å². The number of hydrogen-bond acceptors (Lipinski definition) is 4. The Morgan fingerprint density at radius 3 is 2.08 bits per heavy atom. The monoisotopic (exact) mass is 393 g/mol. The van der Waals surface area contributed by atoms with Gasteiger partial charge >= 0.3 is 0 Å². The van der Waals surface area contributed by atoms with Crippen molar-refractivity contribution in [2.24, 2.45) is 0 Å². The molecule has 3 nitrogen and oxygen atoms in total. The van der Waals surface area contributed by atoms with E-state index >= 15 is 0 Å². The van der Waals surface area contributed by atoms with Crippen molar-refractivity contribution in [3.63, 3.8) is 0 Å². The number of rotatable bonds is 12. The molecule has 0 aliphatic carbocycles. The molecule has 0 aromatic carbocycles. The van der Waals surface area contributed by atoms with Crippen LogP contribution in [0.5, 0.6) is 0 Å². The summed E-state index contributed by atoms with van der Waals surface area (Å²) in [5, 5.41) is 3.26. The fourth-order valence-electron chi connectivity index (χ4n) is 3.15. The Morgan fingerprint density at radius 2 is 1.58 bits per heavy atom. The summed E-state index contributed by atoms with van der Waals surface area (Å²) in [6, 6.07) is 0. The zero-order valence-electron chi connectivity index (χ0n) is 15.4. The highest BCUT2D eigenvalue weighted by Crippen LogP contribution is 2.24. The van der Waals surface area contributed by atoms with Crippen LogP contribution >= 0.6 is 24.0 Å². The lowest BCUT2D eigenvalue weighted by atomic mass is 10.0. The molecule has 1 aliphatic rings. The molecule has 1 atom stereocenters. The third-order valence-electron chi connectivity index (χ3n) is 4.64. The van der Waals surface area contributed by atoms with Crippen LogP contribution in [0.4, 0.5) is 0 Å². The normalized spacial score (nSPS) is 22.6.